The van der Waals surface area contributed by atoms with E-state index in [1.807, 2.05) is 6.07 Å². The standard InChI is InChI=1S/C15H9FO2/c16-10-6-7-11-12(8-10)15(18)13(14(11)17)9-4-2-1-3-5-9/h1-8,13H. The highest BCUT2D eigenvalue weighted by Gasteiger charge is 2.39. The lowest BCUT2D eigenvalue weighted by molar-refractivity contribution is 0.0890. The van der Waals surface area contributed by atoms with Crippen LogP contribution in [-0.2, 0) is 0 Å². The number of Topliss-reactive ketones (excluding diaryl/α,β-unsaturated/α-hetero) is 2. The van der Waals surface area contributed by atoms with Crippen molar-refractivity contribution in [2.75, 3.05) is 0 Å². The summed E-state index contributed by atoms with van der Waals surface area (Å²) in [5.41, 5.74) is 1.16. The zero-order valence-electron chi connectivity index (χ0n) is 9.39. The van der Waals surface area contributed by atoms with E-state index in [9.17, 15) is 14.0 Å². The van der Waals surface area contributed by atoms with Crippen molar-refractivity contribution in [3.8, 4) is 0 Å². The Bertz CT molecular complexity index is 647. The minimum atomic E-state index is -0.817. The minimum absolute atomic E-state index is 0.189. The van der Waals surface area contributed by atoms with Gasteiger partial charge in [0.25, 0.3) is 0 Å². The van der Waals surface area contributed by atoms with E-state index < -0.39 is 11.7 Å². The second kappa shape index (κ2) is 3.88. The Morgan fingerprint density at radius 3 is 2.22 bits per heavy atom. The number of fused-ring (bicyclic) bond motifs is 1. The first-order valence-electron chi connectivity index (χ1n) is 5.61. The number of carbonyl (C=O) groups is 2. The van der Waals surface area contributed by atoms with Crippen molar-refractivity contribution in [1.29, 1.82) is 0 Å². The third kappa shape index (κ3) is 1.48. The van der Waals surface area contributed by atoms with Crippen LogP contribution in [0.15, 0.2) is 48.5 Å². The highest BCUT2D eigenvalue weighted by molar-refractivity contribution is 6.29. The maximum atomic E-state index is 13.1. The molecule has 0 spiro atoms. The van der Waals surface area contributed by atoms with Crippen LogP contribution >= 0.6 is 0 Å². The maximum absolute atomic E-state index is 13.1. The fourth-order valence-corrected chi connectivity index (χ4v) is 2.31. The normalized spacial score (nSPS) is 17.9. The van der Waals surface area contributed by atoms with Crippen LogP contribution in [0, 0.1) is 5.82 Å². The van der Waals surface area contributed by atoms with Crippen LogP contribution in [0.5, 0.6) is 0 Å². The minimum Gasteiger partial charge on any atom is -0.293 e. The molecule has 3 rings (SSSR count). The lowest BCUT2D eigenvalue weighted by atomic mass is 9.94. The molecular formula is C15H9FO2. The summed E-state index contributed by atoms with van der Waals surface area (Å²) in [5, 5.41) is 0. The van der Waals surface area contributed by atoms with Crippen molar-refractivity contribution in [2.24, 2.45) is 0 Å². The summed E-state index contributed by atoms with van der Waals surface area (Å²) in [6.07, 6.45) is 0. The molecule has 0 heterocycles. The van der Waals surface area contributed by atoms with Crippen molar-refractivity contribution in [1.82, 2.24) is 0 Å². The van der Waals surface area contributed by atoms with E-state index in [0.29, 0.717) is 11.1 Å². The Kier molecular flexibility index (Phi) is 2.33. The van der Waals surface area contributed by atoms with Gasteiger partial charge in [-0.25, -0.2) is 4.39 Å². The molecule has 18 heavy (non-hydrogen) atoms. The number of halogens is 1. The van der Waals surface area contributed by atoms with Gasteiger partial charge in [0.05, 0.1) is 0 Å². The topological polar surface area (TPSA) is 34.1 Å². The number of hydrogen-bond donors (Lipinski definition) is 0. The molecule has 1 unspecified atom stereocenters. The van der Waals surface area contributed by atoms with Crippen molar-refractivity contribution >= 4 is 11.6 Å². The van der Waals surface area contributed by atoms with E-state index in [4.69, 9.17) is 0 Å². The summed E-state index contributed by atoms with van der Waals surface area (Å²) in [6, 6.07) is 12.6. The van der Waals surface area contributed by atoms with Crippen molar-refractivity contribution < 1.29 is 14.0 Å². The zero-order chi connectivity index (χ0) is 12.7. The van der Waals surface area contributed by atoms with Gasteiger partial charge in [0.2, 0.25) is 0 Å². The molecule has 1 aliphatic rings. The quantitative estimate of drug-likeness (QED) is 0.718. The molecule has 1 atom stereocenters. The molecule has 0 N–H and O–H groups in total. The maximum Gasteiger partial charge on any atom is 0.178 e. The highest BCUT2D eigenvalue weighted by atomic mass is 19.1. The fraction of sp³-hybridized carbons (Fsp3) is 0.0667. The zero-order valence-corrected chi connectivity index (χ0v) is 9.39. The van der Waals surface area contributed by atoms with Crippen LogP contribution in [-0.4, -0.2) is 11.6 Å². The predicted molar refractivity (Wildman–Crippen MR) is 64.2 cm³/mol. The summed E-state index contributed by atoms with van der Waals surface area (Å²) >= 11 is 0. The lowest BCUT2D eigenvalue weighted by Crippen LogP contribution is -2.12. The van der Waals surface area contributed by atoms with E-state index in [0.717, 1.165) is 6.07 Å². The number of carbonyl (C=O) groups excluding carboxylic acids is 2. The van der Waals surface area contributed by atoms with Gasteiger partial charge in [-0.15, -0.1) is 0 Å². The first-order valence-corrected chi connectivity index (χ1v) is 5.61. The van der Waals surface area contributed by atoms with Gasteiger partial charge in [0.15, 0.2) is 11.6 Å². The molecule has 2 aromatic rings. The lowest BCUT2D eigenvalue weighted by Gasteiger charge is -2.05. The van der Waals surface area contributed by atoms with E-state index in [-0.39, 0.29) is 17.1 Å². The predicted octanol–water partition coefficient (Wildman–Crippen LogP) is 2.99. The Hall–Kier alpha value is -2.29. The largest absolute Gasteiger partial charge is 0.293 e. The van der Waals surface area contributed by atoms with Gasteiger partial charge in [0, 0.05) is 11.1 Å². The van der Waals surface area contributed by atoms with Crippen molar-refractivity contribution in [2.45, 2.75) is 5.92 Å². The summed E-state index contributed by atoms with van der Waals surface area (Å²) in [4.78, 5) is 24.3. The molecule has 3 heteroatoms. The Morgan fingerprint density at radius 1 is 0.833 bits per heavy atom. The molecule has 0 amide bonds. The van der Waals surface area contributed by atoms with Crippen LogP contribution in [0.2, 0.25) is 0 Å². The number of ketones is 2. The van der Waals surface area contributed by atoms with E-state index in [1.165, 1.54) is 12.1 Å². The highest BCUT2D eigenvalue weighted by Crippen LogP contribution is 2.34. The second-order valence-electron chi connectivity index (χ2n) is 4.26. The van der Waals surface area contributed by atoms with Crippen LogP contribution < -0.4 is 0 Å². The molecule has 1 aliphatic carbocycles. The van der Waals surface area contributed by atoms with E-state index in [2.05, 4.69) is 0 Å². The molecule has 0 aliphatic heterocycles. The van der Waals surface area contributed by atoms with Crippen molar-refractivity contribution in [3.05, 3.63) is 71.0 Å². The Balaban J connectivity index is 2.13. The average molecular weight is 240 g/mol. The molecule has 0 saturated heterocycles. The van der Waals surface area contributed by atoms with Gasteiger partial charge < -0.3 is 0 Å². The molecule has 0 saturated carbocycles. The molecule has 88 valence electrons. The van der Waals surface area contributed by atoms with Crippen molar-refractivity contribution in [3.63, 3.8) is 0 Å². The van der Waals surface area contributed by atoms with Gasteiger partial charge >= 0.3 is 0 Å². The second-order valence-corrected chi connectivity index (χ2v) is 4.26. The Morgan fingerprint density at radius 2 is 1.50 bits per heavy atom. The van der Waals surface area contributed by atoms with Gasteiger partial charge in [0.1, 0.15) is 11.7 Å². The SMILES string of the molecule is O=C1c2ccc(F)cc2C(=O)C1c1ccccc1. The third-order valence-electron chi connectivity index (χ3n) is 3.17. The number of hydrogen-bond acceptors (Lipinski definition) is 2. The molecule has 0 aromatic heterocycles. The number of rotatable bonds is 1. The van der Waals surface area contributed by atoms with Gasteiger partial charge in [-0.3, -0.25) is 9.59 Å². The molecular weight excluding hydrogens is 231 g/mol. The molecule has 2 aromatic carbocycles. The van der Waals surface area contributed by atoms with Crippen LogP contribution in [0.4, 0.5) is 4.39 Å². The van der Waals surface area contributed by atoms with E-state index >= 15 is 0 Å². The monoisotopic (exact) mass is 240 g/mol. The summed E-state index contributed by atoms with van der Waals surface area (Å²) in [5.74, 6) is -1.88. The molecule has 2 nitrogen and oxygen atoms in total. The van der Waals surface area contributed by atoms with Crippen LogP contribution in [0.25, 0.3) is 0 Å². The van der Waals surface area contributed by atoms with Crippen LogP contribution in [0.1, 0.15) is 32.2 Å². The van der Waals surface area contributed by atoms with Gasteiger partial charge in [-0.05, 0) is 23.8 Å². The first kappa shape index (κ1) is 10.8. The molecule has 0 bridgehead atoms. The molecule has 0 radical (unpaired) electrons. The Labute approximate surface area is 103 Å². The first-order chi connectivity index (χ1) is 8.68. The molecule has 0 fully saturated rings. The van der Waals surface area contributed by atoms with Gasteiger partial charge in [-0.2, -0.15) is 0 Å². The number of benzene rings is 2. The smallest absolute Gasteiger partial charge is 0.178 e. The summed E-state index contributed by atoms with van der Waals surface area (Å²) < 4.78 is 13.1. The third-order valence-corrected chi connectivity index (χ3v) is 3.17. The summed E-state index contributed by atoms with van der Waals surface area (Å²) in [7, 11) is 0. The van der Waals surface area contributed by atoms with Gasteiger partial charge in [-0.1, -0.05) is 30.3 Å². The van der Waals surface area contributed by atoms with Crippen LogP contribution in [0.3, 0.4) is 0 Å². The summed E-state index contributed by atoms with van der Waals surface area (Å²) in [6.45, 7) is 0. The average Bonchev–Trinajstić information content (AvgIpc) is 2.63. The fourth-order valence-electron chi connectivity index (χ4n) is 2.31. The van der Waals surface area contributed by atoms with E-state index in [1.54, 1.807) is 24.3 Å².